The van der Waals surface area contributed by atoms with Crippen molar-refractivity contribution < 1.29 is 0 Å². The van der Waals surface area contributed by atoms with Gasteiger partial charge in [0.25, 0.3) is 0 Å². The molecule has 0 bridgehead atoms. The summed E-state index contributed by atoms with van der Waals surface area (Å²) in [6.45, 7) is 18.7. The summed E-state index contributed by atoms with van der Waals surface area (Å²) in [5.41, 5.74) is 14.1. The third kappa shape index (κ3) is 5.33. The van der Waals surface area contributed by atoms with Crippen LogP contribution in [-0.2, 0) is 6.42 Å². The molecular weight excluding hydrogens is 409 g/mol. The molecule has 1 N–H and O–H groups in total. The molecule has 4 rings (SSSR count). The second-order valence-corrected chi connectivity index (χ2v) is 10.7. The van der Waals surface area contributed by atoms with Gasteiger partial charge in [0.1, 0.15) is 0 Å². The molecule has 2 aromatic carbocycles. The zero-order valence-corrected chi connectivity index (χ0v) is 22.1. The summed E-state index contributed by atoms with van der Waals surface area (Å²) in [5, 5.41) is 3.86. The lowest BCUT2D eigenvalue weighted by atomic mass is 9.69. The maximum atomic E-state index is 4.12. The first-order valence-electron chi connectivity index (χ1n) is 13.2. The van der Waals surface area contributed by atoms with Crippen LogP contribution in [0.2, 0.25) is 0 Å². The monoisotopic (exact) mass is 450 g/mol. The van der Waals surface area contributed by atoms with E-state index in [0.29, 0.717) is 12.0 Å². The Morgan fingerprint density at radius 2 is 1.82 bits per heavy atom. The van der Waals surface area contributed by atoms with Gasteiger partial charge >= 0.3 is 0 Å². The molecule has 177 valence electrons. The molecule has 2 heteroatoms. The van der Waals surface area contributed by atoms with Crippen molar-refractivity contribution in [2.75, 3.05) is 6.54 Å². The van der Waals surface area contributed by atoms with E-state index < -0.39 is 0 Å². The maximum absolute atomic E-state index is 4.12. The first-order valence-corrected chi connectivity index (χ1v) is 13.2. The third-order valence-electron chi connectivity index (χ3n) is 7.68. The fraction of sp³-hybridized carbons (Fsp3) is 0.438. The van der Waals surface area contributed by atoms with E-state index in [1.54, 1.807) is 11.0 Å². The molecule has 1 aliphatic carbocycles. The third-order valence-corrected chi connectivity index (χ3v) is 7.68. The number of rotatable bonds is 10. The molecule has 2 aliphatic rings. The van der Waals surface area contributed by atoms with E-state index >= 15 is 0 Å². The van der Waals surface area contributed by atoms with Crippen LogP contribution in [0.1, 0.15) is 86.4 Å². The lowest BCUT2D eigenvalue weighted by molar-refractivity contribution is 0.468. The lowest BCUT2D eigenvalue weighted by Gasteiger charge is -2.23. The van der Waals surface area contributed by atoms with Gasteiger partial charge in [0.15, 0.2) is 7.28 Å². The van der Waals surface area contributed by atoms with Crippen LogP contribution in [-0.4, -0.2) is 13.8 Å². The summed E-state index contributed by atoms with van der Waals surface area (Å²) >= 11 is 0. The van der Waals surface area contributed by atoms with E-state index in [-0.39, 0.29) is 0 Å². The van der Waals surface area contributed by atoms with Crippen molar-refractivity contribution in [3.05, 3.63) is 93.4 Å². The van der Waals surface area contributed by atoms with Crippen molar-refractivity contribution >= 4 is 18.4 Å². The van der Waals surface area contributed by atoms with Crippen LogP contribution in [0.4, 0.5) is 0 Å². The zero-order valence-electron chi connectivity index (χ0n) is 22.1. The average molecular weight is 450 g/mol. The molecule has 34 heavy (non-hydrogen) atoms. The van der Waals surface area contributed by atoms with Crippen LogP contribution in [0.3, 0.4) is 0 Å². The van der Waals surface area contributed by atoms with Crippen LogP contribution in [0.15, 0.2) is 60.0 Å². The first-order chi connectivity index (χ1) is 16.3. The van der Waals surface area contributed by atoms with Crippen LogP contribution in [0.5, 0.6) is 0 Å². The molecule has 2 unspecified atom stereocenters. The van der Waals surface area contributed by atoms with Gasteiger partial charge < -0.3 is 5.32 Å². The number of hydrogen-bond donors (Lipinski definition) is 1. The van der Waals surface area contributed by atoms with Gasteiger partial charge in [0.2, 0.25) is 0 Å². The average Bonchev–Trinajstić information content (AvgIpc) is 3.58. The topological polar surface area (TPSA) is 12.0 Å². The van der Waals surface area contributed by atoms with Crippen molar-refractivity contribution in [2.24, 2.45) is 11.8 Å². The highest BCUT2D eigenvalue weighted by Crippen LogP contribution is 2.46. The predicted octanol–water partition coefficient (Wildman–Crippen LogP) is 8.00. The van der Waals surface area contributed by atoms with Gasteiger partial charge in [0.05, 0.1) is 0 Å². The summed E-state index contributed by atoms with van der Waals surface area (Å²) in [4.78, 5) is 0. The van der Waals surface area contributed by atoms with Crippen molar-refractivity contribution in [3.8, 4) is 0 Å². The van der Waals surface area contributed by atoms with Crippen LogP contribution in [0.25, 0.3) is 11.1 Å². The molecule has 0 amide bonds. The number of benzene rings is 2. The van der Waals surface area contributed by atoms with Gasteiger partial charge in [-0.15, -0.1) is 5.98 Å². The van der Waals surface area contributed by atoms with Crippen molar-refractivity contribution in [3.63, 3.8) is 0 Å². The molecule has 1 fully saturated rings. The fourth-order valence-electron chi connectivity index (χ4n) is 5.52. The highest BCUT2D eigenvalue weighted by Gasteiger charge is 2.33. The first kappa shape index (κ1) is 24.8. The Morgan fingerprint density at radius 1 is 1.12 bits per heavy atom. The van der Waals surface area contributed by atoms with Crippen molar-refractivity contribution in [1.82, 2.24) is 5.32 Å². The standard InChI is InChI=1S/C32H41BN/c1-8-25-17-27(20(2)3)14-15-28(25)24(7)34-19-21(4)16-29-30(18-33-32(29)26-12-13-26)31-22(5)10-9-11-23(31)6/h9-11,14-15,17-18,21,24,26,34H,2,8,12-13,16,19H2,1,3-7H3. The Labute approximate surface area is 208 Å². The minimum Gasteiger partial charge on any atom is -0.310 e. The SMILES string of the molecule is C=C(C)c1ccc(C(C)NCC(C)CC2=C(C3CC3)[B]C=C2c2c(C)cccc2C)c(CC)c1. The molecular formula is C32H41BN. The Kier molecular flexibility index (Phi) is 7.68. The molecule has 0 saturated heterocycles. The highest BCUT2D eigenvalue weighted by atomic mass is 14.9. The number of hydrogen-bond acceptors (Lipinski definition) is 1. The second-order valence-electron chi connectivity index (χ2n) is 10.7. The van der Waals surface area contributed by atoms with Gasteiger partial charge in [-0.1, -0.05) is 73.4 Å². The summed E-state index contributed by atoms with van der Waals surface area (Å²) < 4.78 is 0. The van der Waals surface area contributed by atoms with E-state index in [9.17, 15) is 0 Å². The van der Waals surface area contributed by atoms with Gasteiger partial charge in [-0.3, -0.25) is 0 Å². The maximum Gasteiger partial charge on any atom is 0.177 e. The normalized spacial score (nSPS) is 17.4. The smallest absolute Gasteiger partial charge is 0.177 e. The number of aryl methyl sites for hydroxylation is 3. The molecule has 1 nitrogen and oxygen atoms in total. The summed E-state index contributed by atoms with van der Waals surface area (Å²) in [6, 6.07) is 13.9. The van der Waals surface area contributed by atoms with Gasteiger partial charge in [-0.25, -0.2) is 0 Å². The van der Waals surface area contributed by atoms with E-state index in [4.69, 9.17) is 0 Å². The number of nitrogens with one attached hydrogen (secondary N) is 1. The largest absolute Gasteiger partial charge is 0.310 e. The molecule has 1 aliphatic heterocycles. The number of allylic oxidation sites excluding steroid dienone is 4. The molecule has 0 spiro atoms. The van der Waals surface area contributed by atoms with Gasteiger partial charge in [-0.05, 0) is 111 Å². The summed E-state index contributed by atoms with van der Waals surface area (Å²) in [5.74, 6) is 3.76. The quantitative estimate of drug-likeness (QED) is 0.362. The molecule has 2 aromatic rings. The van der Waals surface area contributed by atoms with Crippen molar-refractivity contribution in [1.29, 1.82) is 0 Å². The Morgan fingerprint density at radius 3 is 2.44 bits per heavy atom. The lowest BCUT2D eigenvalue weighted by Crippen LogP contribution is -2.25. The van der Waals surface area contributed by atoms with E-state index in [1.165, 1.54) is 51.8 Å². The Balaban J connectivity index is 1.47. The molecule has 0 aromatic heterocycles. The summed E-state index contributed by atoms with van der Waals surface area (Å²) in [6.07, 6.45) is 4.89. The van der Waals surface area contributed by atoms with Gasteiger partial charge in [-0.2, -0.15) is 0 Å². The summed E-state index contributed by atoms with van der Waals surface area (Å²) in [7, 11) is 2.42. The molecule has 2 atom stereocenters. The highest BCUT2D eigenvalue weighted by molar-refractivity contribution is 6.56. The Bertz CT molecular complexity index is 1110. The fourth-order valence-corrected chi connectivity index (χ4v) is 5.52. The minimum absolute atomic E-state index is 0.345. The zero-order chi connectivity index (χ0) is 24.4. The predicted molar refractivity (Wildman–Crippen MR) is 150 cm³/mol. The van der Waals surface area contributed by atoms with E-state index in [2.05, 4.69) is 103 Å². The Hall–Kier alpha value is -2.32. The van der Waals surface area contributed by atoms with Crippen LogP contribution in [0, 0.1) is 25.7 Å². The van der Waals surface area contributed by atoms with E-state index in [0.717, 1.165) is 30.9 Å². The molecule has 1 saturated carbocycles. The molecule has 1 radical (unpaired) electrons. The molecule has 1 heterocycles. The second kappa shape index (κ2) is 10.5. The van der Waals surface area contributed by atoms with Crippen molar-refractivity contribution in [2.45, 2.75) is 73.3 Å². The van der Waals surface area contributed by atoms with Crippen LogP contribution < -0.4 is 5.32 Å². The van der Waals surface area contributed by atoms with Gasteiger partial charge in [0, 0.05) is 6.04 Å². The van der Waals surface area contributed by atoms with E-state index in [1.807, 2.05) is 0 Å². The van der Waals surface area contributed by atoms with Crippen LogP contribution >= 0.6 is 0 Å². The minimum atomic E-state index is 0.345.